The van der Waals surface area contributed by atoms with Gasteiger partial charge in [0.15, 0.2) is 0 Å². The van der Waals surface area contributed by atoms with E-state index >= 15 is 0 Å². The molecule has 2 aromatic heterocycles. The van der Waals surface area contributed by atoms with E-state index in [4.69, 9.17) is 4.42 Å². The first-order valence-electron chi connectivity index (χ1n) is 7.95. The van der Waals surface area contributed by atoms with Crippen LogP contribution in [0, 0.1) is 16.0 Å². The van der Waals surface area contributed by atoms with Crippen molar-refractivity contribution in [1.82, 2.24) is 30.4 Å². The highest BCUT2D eigenvalue weighted by Gasteiger charge is 2.20. The van der Waals surface area contributed by atoms with Crippen molar-refractivity contribution >= 4 is 17.4 Å². The lowest BCUT2D eigenvalue weighted by Crippen LogP contribution is -2.08. The second-order valence-electron chi connectivity index (χ2n) is 6.05. The van der Waals surface area contributed by atoms with Crippen LogP contribution in [0.15, 0.2) is 33.8 Å². The molecular weight excluding hydrogens is 358 g/mol. The van der Waals surface area contributed by atoms with Gasteiger partial charge in [-0.1, -0.05) is 25.6 Å². The summed E-state index contributed by atoms with van der Waals surface area (Å²) in [5.41, 5.74) is 0.630. The molecule has 0 saturated carbocycles. The van der Waals surface area contributed by atoms with Crippen LogP contribution < -0.4 is 0 Å². The van der Waals surface area contributed by atoms with E-state index in [-0.39, 0.29) is 10.9 Å². The lowest BCUT2D eigenvalue weighted by Gasteiger charge is -2.08. The van der Waals surface area contributed by atoms with Crippen molar-refractivity contribution in [2.75, 3.05) is 0 Å². The third-order valence-electron chi connectivity index (χ3n) is 3.43. The Morgan fingerprint density at radius 2 is 1.92 bits per heavy atom. The number of non-ortho nitro benzene ring substituents is 1. The molecule has 0 aliphatic carbocycles. The summed E-state index contributed by atoms with van der Waals surface area (Å²) in [5.74, 6) is 1.16. The SMILES string of the molecule is CC(C)Cn1nnnc1SC(C)c1nnc(-c2ccc([N+](=O)[O-])cc2)o1. The van der Waals surface area contributed by atoms with Crippen LogP contribution >= 0.6 is 11.8 Å². The van der Waals surface area contributed by atoms with Gasteiger partial charge in [-0.25, -0.2) is 4.68 Å². The highest BCUT2D eigenvalue weighted by Crippen LogP contribution is 2.34. The summed E-state index contributed by atoms with van der Waals surface area (Å²) in [6, 6.07) is 5.96. The van der Waals surface area contributed by atoms with Gasteiger partial charge in [-0.3, -0.25) is 10.1 Å². The van der Waals surface area contributed by atoms with E-state index in [0.717, 1.165) is 6.54 Å². The Morgan fingerprint density at radius 1 is 1.19 bits per heavy atom. The highest BCUT2D eigenvalue weighted by atomic mass is 32.2. The minimum Gasteiger partial charge on any atom is -0.419 e. The predicted molar refractivity (Wildman–Crippen MR) is 93.3 cm³/mol. The third kappa shape index (κ3) is 4.04. The zero-order valence-corrected chi connectivity index (χ0v) is 15.3. The molecule has 136 valence electrons. The van der Waals surface area contributed by atoms with Crippen molar-refractivity contribution in [2.24, 2.45) is 5.92 Å². The largest absolute Gasteiger partial charge is 0.419 e. The zero-order chi connectivity index (χ0) is 18.7. The smallest absolute Gasteiger partial charge is 0.269 e. The van der Waals surface area contributed by atoms with E-state index in [9.17, 15) is 10.1 Å². The Kier molecular flexibility index (Phi) is 5.26. The lowest BCUT2D eigenvalue weighted by atomic mass is 10.2. The number of nitrogens with zero attached hydrogens (tertiary/aromatic N) is 7. The molecule has 1 unspecified atom stereocenters. The minimum atomic E-state index is -0.455. The second-order valence-corrected chi connectivity index (χ2v) is 7.35. The van der Waals surface area contributed by atoms with Gasteiger partial charge in [-0.2, -0.15) is 0 Å². The van der Waals surface area contributed by atoms with Crippen molar-refractivity contribution in [3.63, 3.8) is 0 Å². The molecule has 0 bridgehead atoms. The molecule has 11 heteroatoms. The molecule has 0 aliphatic rings. The van der Waals surface area contributed by atoms with Gasteiger partial charge in [0.2, 0.25) is 16.9 Å². The van der Waals surface area contributed by atoms with Crippen LogP contribution in [0.3, 0.4) is 0 Å². The van der Waals surface area contributed by atoms with Gasteiger partial charge in [0.05, 0.1) is 10.2 Å². The first kappa shape index (κ1) is 18.0. The molecule has 0 amide bonds. The number of hydrogen-bond acceptors (Lipinski definition) is 9. The molecule has 0 radical (unpaired) electrons. The summed E-state index contributed by atoms with van der Waals surface area (Å²) in [6.45, 7) is 6.83. The number of tetrazole rings is 1. The van der Waals surface area contributed by atoms with E-state index in [2.05, 4.69) is 39.6 Å². The van der Waals surface area contributed by atoms with E-state index in [1.165, 1.54) is 23.9 Å². The first-order chi connectivity index (χ1) is 12.4. The number of nitro groups is 1. The Bertz CT molecular complexity index is 891. The first-order valence-corrected chi connectivity index (χ1v) is 8.83. The summed E-state index contributed by atoms with van der Waals surface area (Å²) < 4.78 is 7.46. The van der Waals surface area contributed by atoms with Gasteiger partial charge in [0.25, 0.3) is 5.69 Å². The third-order valence-corrected chi connectivity index (χ3v) is 4.49. The topological polar surface area (TPSA) is 126 Å². The predicted octanol–water partition coefficient (Wildman–Crippen LogP) is 3.14. The fourth-order valence-corrected chi connectivity index (χ4v) is 3.02. The van der Waals surface area contributed by atoms with E-state index < -0.39 is 4.92 Å². The van der Waals surface area contributed by atoms with Gasteiger partial charge >= 0.3 is 0 Å². The second kappa shape index (κ2) is 7.60. The van der Waals surface area contributed by atoms with E-state index in [1.54, 1.807) is 16.8 Å². The lowest BCUT2D eigenvalue weighted by molar-refractivity contribution is -0.384. The summed E-state index contributed by atoms with van der Waals surface area (Å²) >= 11 is 1.43. The van der Waals surface area contributed by atoms with Crippen LogP contribution in [-0.2, 0) is 6.54 Å². The van der Waals surface area contributed by atoms with Gasteiger partial charge in [-0.15, -0.1) is 15.3 Å². The number of thioether (sulfide) groups is 1. The van der Waals surface area contributed by atoms with Crippen LogP contribution in [0.1, 0.15) is 31.9 Å². The fraction of sp³-hybridized carbons (Fsp3) is 0.400. The van der Waals surface area contributed by atoms with Crippen LogP contribution in [0.5, 0.6) is 0 Å². The van der Waals surface area contributed by atoms with Crippen LogP contribution in [0.4, 0.5) is 5.69 Å². The monoisotopic (exact) mass is 375 g/mol. The van der Waals surface area contributed by atoms with E-state index in [0.29, 0.717) is 28.4 Å². The molecule has 2 heterocycles. The maximum Gasteiger partial charge on any atom is 0.269 e. The quantitative estimate of drug-likeness (QED) is 0.347. The average Bonchev–Trinajstić information content (AvgIpc) is 3.24. The maximum atomic E-state index is 10.7. The summed E-state index contributed by atoms with van der Waals surface area (Å²) in [7, 11) is 0. The molecule has 0 N–H and O–H groups in total. The van der Waals surface area contributed by atoms with Gasteiger partial charge in [-0.05, 0) is 35.4 Å². The van der Waals surface area contributed by atoms with Gasteiger partial charge in [0.1, 0.15) is 0 Å². The summed E-state index contributed by atoms with van der Waals surface area (Å²) in [4.78, 5) is 10.3. The highest BCUT2D eigenvalue weighted by molar-refractivity contribution is 7.99. The Hall–Kier alpha value is -2.82. The zero-order valence-electron chi connectivity index (χ0n) is 14.4. The van der Waals surface area contributed by atoms with Gasteiger partial charge < -0.3 is 4.42 Å². The number of aromatic nitrogens is 6. The van der Waals surface area contributed by atoms with Crippen LogP contribution in [-0.4, -0.2) is 35.3 Å². The standard InChI is InChI=1S/C15H17N7O3S/c1-9(2)8-21-15(18-19-20-21)26-10(3)13-16-17-14(25-13)11-4-6-12(7-5-11)22(23)24/h4-7,9-10H,8H2,1-3H3. The maximum absolute atomic E-state index is 10.7. The van der Waals surface area contributed by atoms with Crippen LogP contribution in [0.25, 0.3) is 11.5 Å². The number of rotatable bonds is 7. The number of benzene rings is 1. The molecule has 3 aromatic rings. The van der Waals surface area contributed by atoms with E-state index in [1.807, 2.05) is 6.92 Å². The molecule has 3 rings (SSSR count). The molecule has 1 aromatic carbocycles. The van der Waals surface area contributed by atoms with Crippen LogP contribution in [0.2, 0.25) is 0 Å². The van der Waals surface area contributed by atoms with Crippen molar-refractivity contribution in [1.29, 1.82) is 0 Å². The average molecular weight is 375 g/mol. The van der Waals surface area contributed by atoms with Crippen molar-refractivity contribution < 1.29 is 9.34 Å². The number of hydrogen-bond donors (Lipinski definition) is 0. The molecule has 0 aliphatic heterocycles. The molecule has 0 fully saturated rings. The molecule has 1 atom stereocenters. The molecule has 0 spiro atoms. The Balaban J connectivity index is 1.73. The molecule has 10 nitrogen and oxygen atoms in total. The Morgan fingerprint density at radius 3 is 2.58 bits per heavy atom. The van der Waals surface area contributed by atoms with Crippen molar-refractivity contribution in [3.8, 4) is 11.5 Å². The van der Waals surface area contributed by atoms with Crippen molar-refractivity contribution in [3.05, 3.63) is 40.3 Å². The number of nitro benzene ring substituents is 1. The summed E-state index contributed by atoms with van der Waals surface area (Å²) in [6.07, 6.45) is 0. The fourth-order valence-electron chi connectivity index (χ4n) is 2.19. The molecule has 26 heavy (non-hydrogen) atoms. The van der Waals surface area contributed by atoms with Gasteiger partial charge in [0, 0.05) is 24.2 Å². The summed E-state index contributed by atoms with van der Waals surface area (Å²) in [5, 5.41) is 31.1. The normalized spacial score (nSPS) is 12.5. The Labute approximate surface area is 153 Å². The molecular formula is C15H17N7O3S. The molecule has 0 saturated heterocycles. The minimum absolute atomic E-state index is 0.00870. The van der Waals surface area contributed by atoms with Crippen molar-refractivity contribution in [2.45, 2.75) is 37.7 Å².